The Bertz CT molecular complexity index is 673. The lowest BCUT2D eigenvalue weighted by molar-refractivity contribution is 0.410. The average Bonchev–Trinajstić information content (AvgIpc) is 3.01. The summed E-state index contributed by atoms with van der Waals surface area (Å²) in [6.45, 7) is 1.94. The van der Waals surface area contributed by atoms with E-state index in [2.05, 4.69) is 25.7 Å². The molecule has 0 spiro atoms. The summed E-state index contributed by atoms with van der Waals surface area (Å²) in [5.41, 5.74) is 7.92. The van der Waals surface area contributed by atoms with Crippen molar-refractivity contribution < 1.29 is 0 Å². The van der Waals surface area contributed by atoms with Crippen molar-refractivity contribution in [2.75, 3.05) is 17.2 Å². The van der Waals surface area contributed by atoms with E-state index in [1.165, 1.54) is 0 Å². The maximum Gasteiger partial charge on any atom is 0.223 e. The first kappa shape index (κ1) is 14.4. The fourth-order valence-electron chi connectivity index (χ4n) is 3.39. The zero-order valence-corrected chi connectivity index (χ0v) is 13.2. The normalized spacial score (nSPS) is 23.9. The third-order valence-corrected chi connectivity index (χ3v) is 4.72. The molecule has 0 amide bonds. The van der Waals surface area contributed by atoms with Gasteiger partial charge in [-0.05, 0) is 38.2 Å². The van der Waals surface area contributed by atoms with Crippen LogP contribution in [0, 0.1) is 0 Å². The first-order valence-corrected chi connectivity index (χ1v) is 8.45. The van der Waals surface area contributed by atoms with E-state index in [1.54, 1.807) is 0 Å². The number of hydrogen-bond acceptors (Lipinski definition) is 6. The van der Waals surface area contributed by atoms with E-state index in [1.807, 2.05) is 23.1 Å². The molecule has 1 fully saturated rings. The molecule has 1 aliphatic heterocycles. The Morgan fingerprint density at radius 1 is 1.26 bits per heavy atom. The second kappa shape index (κ2) is 6.16. The van der Waals surface area contributed by atoms with Gasteiger partial charge in [0.2, 0.25) is 5.95 Å². The van der Waals surface area contributed by atoms with E-state index >= 15 is 0 Å². The largest absolute Gasteiger partial charge is 0.370 e. The summed E-state index contributed by atoms with van der Waals surface area (Å²) in [5, 5.41) is 11.3. The number of fused-ring (bicyclic) bond motifs is 1. The van der Waals surface area contributed by atoms with Gasteiger partial charge in [-0.2, -0.15) is 5.10 Å². The number of rotatable bonds is 3. The van der Waals surface area contributed by atoms with Crippen molar-refractivity contribution in [3.8, 4) is 11.3 Å². The molecule has 2 aromatic heterocycles. The number of anilines is 2. The molecular formula is C16H23N7. The highest BCUT2D eigenvalue weighted by molar-refractivity contribution is 5.73. The smallest absolute Gasteiger partial charge is 0.223 e. The first-order valence-electron chi connectivity index (χ1n) is 8.45. The van der Waals surface area contributed by atoms with Crippen LogP contribution in [0.3, 0.4) is 0 Å². The van der Waals surface area contributed by atoms with E-state index in [4.69, 9.17) is 5.73 Å². The summed E-state index contributed by atoms with van der Waals surface area (Å²) in [6.07, 6.45) is 9.11. The molecule has 4 rings (SSSR count). The van der Waals surface area contributed by atoms with Gasteiger partial charge in [0.15, 0.2) is 0 Å². The molecular weight excluding hydrogens is 290 g/mol. The fraction of sp³-hybridized carbons (Fsp3) is 0.562. The molecule has 23 heavy (non-hydrogen) atoms. The molecule has 0 radical (unpaired) electrons. The van der Waals surface area contributed by atoms with Crippen LogP contribution in [0.5, 0.6) is 0 Å². The molecule has 122 valence electrons. The van der Waals surface area contributed by atoms with Crippen molar-refractivity contribution in [1.82, 2.24) is 19.7 Å². The summed E-state index contributed by atoms with van der Waals surface area (Å²) in [4.78, 5) is 9.06. The van der Waals surface area contributed by atoms with E-state index in [0.717, 1.165) is 62.3 Å². The van der Waals surface area contributed by atoms with Gasteiger partial charge in [-0.3, -0.25) is 0 Å². The molecule has 2 aliphatic rings. The van der Waals surface area contributed by atoms with Crippen molar-refractivity contribution in [2.45, 2.75) is 50.7 Å². The molecule has 0 aromatic carbocycles. The number of nitrogens with zero attached hydrogens (tertiary/aromatic N) is 4. The number of aromatic nitrogens is 4. The van der Waals surface area contributed by atoms with Gasteiger partial charge < -0.3 is 16.4 Å². The number of hydrogen-bond donors (Lipinski definition) is 3. The van der Waals surface area contributed by atoms with Gasteiger partial charge in [0.1, 0.15) is 5.82 Å². The predicted molar refractivity (Wildman–Crippen MR) is 90.2 cm³/mol. The zero-order chi connectivity index (χ0) is 15.6. The monoisotopic (exact) mass is 313 g/mol. The predicted octanol–water partition coefficient (Wildman–Crippen LogP) is 1.84. The van der Waals surface area contributed by atoms with Crippen LogP contribution in [-0.4, -0.2) is 38.4 Å². The fourth-order valence-corrected chi connectivity index (χ4v) is 3.39. The summed E-state index contributed by atoms with van der Waals surface area (Å²) in [6, 6.07) is 2.71. The maximum atomic E-state index is 5.97. The van der Waals surface area contributed by atoms with Crippen LogP contribution in [-0.2, 0) is 6.54 Å². The average molecular weight is 313 g/mol. The Hall–Kier alpha value is -2.15. The molecule has 2 aromatic rings. The van der Waals surface area contributed by atoms with Crippen LogP contribution in [0.25, 0.3) is 11.3 Å². The van der Waals surface area contributed by atoms with Gasteiger partial charge in [-0.25, -0.2) is 14.6 Å². The molecule has 7 nitrogen and oxygen atoms in total. The second-order valence-electron chi connectivity index (χ2n) is 6.43. The molecule has 7 heteroatoms. The van der Waals surface area contributed by atoms with Crippen molar-refractivity contribution in [1.29, 1.82) is 0 Å². The highest BCUT2D eigenvalue weighted by atomic mass is 15.3. The minimum Gasteiger partial charge on any atom is -0.370 e. The number of nitrogens with two attached hydrogens (primary N) is 1. The molecule has 0 unspecified atom stereocenters. The minimum absolute atomic E-state index is 0.352. The van der Waals surface area contributed by atoms with Crippen molar-refractivity contribution in [3.63, 3.8) is 0 Å². The van der Waals surface area contributed by atoms with Crippen molar-refractivity contribution in [2.24, 2.45) is 5.73 Å². The Labute approximate surface area is 135 Å². The van der Waals surface area contributed by atoms with Crippen LogP contribution < -0.4 is 16.4 Å². The lowest BCUT2D eigenvalue weighted by atomic mass is 9.92. The molecule has 3 heterocycles. The third kappa shape index (κ3) is 3.01. The van der Waals surface area contributed by atoms with Gasteiger partial charge in [-0.1, -0.05) is 0 Å². The molecule has 0 atom stereocenters. The van der Waals surface area contributed by atoms with Gasteiger partial charge in [0, 0.05) is 31.4 Å². The van der Waals surface area contributed by atoms with Gasteiger partial charge in [0.25, 0.3) is 0 Å². The number of aryl methyl sites for hydroxylation is 1. The standard InChI is InChI=1S/C16H23N7/c17-11-2-4-12(5-3-11)21-16-19-8-6-14(22-16)13-10-20-23-9-1-7-18-15(13)23/h6,8,10-12,18H,1-5,7,9,17H2,(H,19,21,22). The Morgan fingerprint density at radius 2 is 2.13 bits per heavy atom. The van der Waals surface area contributed by atoms with E-state index in [-0.39, 0.29) is 0 Å². The lowest BCUT2D eigenvalue weighted by Gasteiger charge is -2.26. The third-order valence-electron chi connectivity index (χ3n) is 4.72. The molecule has 1 saturated carbocycles. The van der Waals surface area contributed by atoms with Crippen LogP contribution in [0.2, 0.25) is 0 Å². The van der Waals surface area contributed by atoms with Gasteiger partial charge >= 0.3 is 0 Å². The molecule has 4 N–H and O–H groups in total. The highest BCUT2D eigenvalue weighted by Gasteiger charge is 2.20. The van der Waals surface area contributed by atoms with Crippen LogP contribution in [0.15, 0.2) is 18.5 Å². The minimum atomic E-state index is 0.352. The van der Waals surface area contributed by atoms with E-state index in [0.29, 0.717) is 18.0 Å². The van der Waals surface area contributed by atoms with Crippen molar-refractivity contribution in [3.05, 3.63) is 18.5 Å². The van der Waals surface area contributed by atoms with Gasteiger partial charge in [-0.15, -0.1) is 0 Å². The Kier molecular flexibility index (Phi) is 3.87. The van der Waals surface area contributed by atoms with E-state index < -0.39 is 0 Å². The summed E-state index contributed by atoms with van der Waals surface area (Å²) >= 11 is 0. The molecule has 0 saturated heterocycles. The van der Waals surface area contributed by atoms with Crippen LogP contribution in [0.4, 0.5) is 11.8 Å². The first-order chi connectivity index (χ1) is 11.3. The SMILES string of the molecule is NC1CCC(Nc2nccc(-c3cnn4c3NCCC4)n2)CC1. The summed E-state index contributed by atoms with van der Waals surface area (Å²) in [5.74, 6) is 1.75. The summed E-state index contributed by atoms with van der Waals surface area (Å²) < 4.78 is 2.01. The zero-order valence-electron chi connectivity index (χ0n) is 13.2. The lowest BCUT2D eigenvalue weighted by Crippen LogP contribution is -2.33. The van der Waals surface area contributed by atoms with Crippen LogP contribution >= 0.6 is 0 Å². The molecule has 1 aliphatic carbocycles. The quantitative estimate of drug-likeness (QED) is 0.800. The molecule has 0 bridgehead atoms. The highest BCUT2D eigenvalue weighted by Crippen LogP contribution is 2.29. The Morgan fingerprint density at radius 3 is 3.00 bits per heavy atom. The second-order valence-corrected chi connectivity index (χ2v) is 6.43. The maximum absolute atomic E-state index is 5.97. The summed E-state index contributed by atoms with van der Waals surface area (Å²) in [7, 11) is 0. The van der Waals surface area contributed by atoms with Crippen molar-refractivity contribution >= 4 is 11.8 Å². The van der Waals surface area contributed by atoms with Gasteiger partial charge in [0.05, 0.1) is 17.5 Å². The van der Waals surface area contributed by atoms with E-state index in [9.17, 15) is 0 Å². The van der Waals surface area contributed by atoms with Crippen LogP contribution in [0.1, 0.15) is 32.1 Å². The Balaban J connectivity index is 1.53. The number of nitrogens with one attached hydrogen (secondary N) is 2. The topological polar surface area (TPSA) is 93.7 Å².